The van der Waals surface area contributed by atoms with Gasteiger partial charge < -0.3 is 5.73 Å². The number of nitrogens with zero attached hydrogens (tertiary/aromatic N) is 1. The molecule has 2 heteroatoms. The van der Waals surface area contributed by atoms with E-state index in [9.17, 15) is 0 Å². The van der Waals surface area contributed by atoms with Crippen molar-refractivity contribution in [2.75, 3.05) is 19.6 Å². The van der Waals surface area contributed by atoms with E-state index in [0.29, 0.717) is 5.54 Å². The smallest absolute Gasteiger partial charge is 0.0334 e. The molecule has 0 radical (unpaired) electrons. The average Bonchev–Trinajstić information content (AvgIpc) is 2.39. The van der Waals surface area contributed by atoms with E-state index in [1.807, 2.05) is 0 Å². The van der Waals surface area contributed by atoms with Crippen LogP contribution in [-0.2, 0) is 0 Å². The number of piperidine rings is 1. The first-order valence-electron chi connectivity index (χ1n) is 8.11. The van der Waals surface area contributed by atoms with Crippen LogP contribution in [0.3, 0.4) is 0 Å². The van der Waals surface area contributed by atoms with E-state index in [-0.39, 0.29) is 0 Å². The Labute approximate surface area is 113 Å². The summed E-state index contributed by atoms with van der Waals surface area (Å²) in [5.41, 5.74) is 6.58. The fourth-order valence-corrected chi connectivity index (χ4v) is 4.30. The van der Waals surface area contributed by atoms with Crippen molar-refractivity contribution in [2.45, 2.75) is 70.8 Å². The standard InChI is InChI=1S/C16H32N2/c1-14(2)11-15-7-6-8-16(12-15,13-17)18-9-4-3-5-10-18/h14-15H,3-13,17H2,1-2H3. The topological polar surface area (TPSA) is 29.3 Å². The van der Waals surface area contributed by atoms with Crippen LogP contribution in [0.4, 0.5) is 0 Å². The number of nitrogens with two attached hydrogens (primary N) is 1. The van der Waals surface area contributed by atoms with Gasteiger partial charge in [0.1, 0.15) is 0 Å². The summed E-state index contributed by atoms with van der Waals surface area (Å²) in [6.07, 6.45) is 11.1. The summed E-state index contributed by atoms with van der Waals surface area (Å²) in [4.78, 5) is 2.75. The van der Waals surface area contributed by atoms with Gasteiger partial charge in [0.25, 0.3) is 0 Å². The van der Waals surface area contributed by atoms with Crippen molar-refractivity contribution in [3.63, 3.8) is 0 Å². The molecular weight excluding hydrogens is 220 g/mol. The number of hydrogen-bond donors (Lipinski definition) is 1. The van der Waals surface area contributed by atoms with Gasteiger partial charge in [-0.1, -0.05) is 33.1 Å². The lowest BCUT2D eigenvalue weighted by Crippen LogP contribution is -2.57. The molecule has 0 aromatic carbocycles. The summed E-state index contributed by atoms with van der Waals surface area (Å²) < 4.78 is 0. The Hall–Kier alpha value is -0.0800. The van der Waals surface area contributed by atoms with Crippen LogP contribution in [0.25, 0.3) is 0 Å². The fourth-order valence-electron chi connectivity index (χ4n) is 4.30. The van der Waals surface area contributed by atoms with Crippen molar-refractivity contribution in [2.24, 2.45) is 17.6 Å². The summed E-state index contributed by atoms with van der Waals surface area (Å²) in [6, 6.07) is 0. The predicted octanol–water partition coefficient (Wildman–Crippen LogP) is 3.41. The van der Waals surface area contributed by atoms with Crippen LogP contribution in [0.1, 0.15) is 65.2 Å². The maximum absolute atomic E-state index is 6.22. The quantitative estimate of drug-likeness (QED) is 0.831. The molecule has 106 valence electrons. The minimum Gasteiger partial charge on any atom is -0.329 e. The SMILES string of the molecule is CC(C)CC1CCCC(CN)(N2CCCCC2)C1. The lowest BCUT2D eigenvalue weighted by molar-refractivity contribution is 0.0178. The molecule has 18 heavy (non-hydrogen) atoms. The second-order valence-electron chi connectivity index (χ2n) is 7.07. The maximum Gasteiger partial charge on any atom is 0.0334 e. The molecule has 1 heterocycles. The molecule has 0 bridgehead atoms. The van der Waals surface area contributed by atoms with E-state index in [0.717, 1.165) is 18.4 Å². The molecule has 1 saturated carbocycles. The highest BCUT2D eigenvalue weighted by molar-refractivity contribution is 4.97. The summed E-state index contributed by atoms with van der Waals surface area (Å²) in [7, 11) is 0. The molecule has 2 atom stereocenters. The van der Waals surface area contributed by atoms with E-state index in [1.165, 1.54) is 64.5 Å². The van der Waals surface area contributed by atoms with Crippen molar-refractivity contribution >= 4 is 0 Å². The predicted molar refractivity (Wildman–Crippen MR) is 78.6 cm³/mol. The first-order valence-corrected chi connectivity index (χ1v) is 8.11. The van der Waals surface area contributed by atoms with Crippen LogP contribution >= 0.6 is 0 Å². The molecule has 1 aliphatic heterocycles. The average molecular weight is 252 g/mol. The Balaban J connectivity index is 2.00. The fraction of sp³-hybridized carbons (Fsp3) is 1.00. The number of likely N-dealkylation sites (tertiary alicyclic amines) is 1. The lowest BCUT2D eigenvalue weighted by atomic mass is 9.71. The second-order valence-corrected chi connectivity index (χ2v) is 7.07. The van der Waals surface area contributed by atoms with E-state index in [1.54, 1.807) is 0 Å². The summed E-state index contributed by atoms with van der Waals surface area (Å²) in [5.74, 6) is 1.76. The third-order valence-electron chi connectivity index (χ3n) is 5.13. The Morgan fingerprint density at radius 3 is 2.50 bits per heavy atom. The highest BCUT2D eigenvalue weighted by Gasteiger charge is 2.40. The first kappa shape index (κ1) is 14.3. The van der Waals surface area contributed by atoms with Crippen molar-refractivity contribution in [1.82, 2.24) is 4.90 Å². The van der Waals surface area contributed by atoms with Crippen molar-refractivity contribution in [3.05, 3.63) is 0 Å². The van der Waals surface area contributed by atoms with Crippen LogP contribution in [0.5, 0.6) is 0 Å². The third-order valence-corrected chi connectivity index (χ3v) is 5.13. The molecule has 0 spiro atoms. The molecular formula is C16H32N2. The molecule has 2 aliphatic rings. The molecule has 0 aromatic rings. The van der Waals surface area contributed by atoms with Gasteiger partial charge in [0.15, 0.2) is 0 Å². The number of rotatable bonds is 4. The largest absolute Gasteiger partial charge is 0.329 e. The van der Waals surface area contributed by atoms with Crippen LogP contribution in [0.15, 0.2) is 0 Å². The molecule has 1 aliphatic carbocycles. The van der Waals surface area contributed by atoms with Gasteiger partial charge in [0.2, 0.25) is 0 Å². The minimum absolute atomic E-state index is 0.359. The Bertz CT molecular complexity index is 245. The Kier molecular flexibility index (Phi) is 5.08. The van der Waals surface area contributed by atoms with Gasteiger partial charge in [-0.05, 0) is 57.0 Å². The highest BCUT2D eigenvalue weighted by Crippen LogP contribution is 2.40. The van der Waals surface area contributed by atoms with E-state index >= 15 is 0 Å². The number of hydrogen-bond acceptors (Lipinski definition) is 2. The van der Waals surface area contributed by atoms with E-state index < -0.39 is 0 Å². The molecule has 2 rings (SSSR count). The van der Waals surface area contributed by atoms with Gasteiger partial charge in [-0.15, -0.1) is 0 Å². The van der Waals surface area contributed by atoms with E-state index in [2.05, 4.69) is 18.7 Å². The first-order chi connectivity index (χ1) is 8.66. The van der Waals surface area contributed by atoms with Crippen molar-refractivity contribution < 1.29 is 0 Å². The molecule has 2 fully saturated rings. The zero-order valence-electron chi connectivity index (χ0n) is 12.5. The maximum atomic E-state index is 6.22. The van der Waals surface area contributed by atoms with Gasteiger partial charge in [-0.2, -0.15) is 0 Å². The molecule has 1 saturated heterocycles. The summed E-state index contributed by atoms with van der Waals surface area (Å²) in [5, 5.41) is 0. The zero-order chi connectivity index (χ0) is 13.0. The van der Waals surface area contributed by atoms with Crippen LogP contribution in [0.2, 0.25) is 0 Å². The summed E-state index contributed by atoms with van der Waals surface area (Å²) in [6.45, 7) is 8.19. The van der Waals surface area contributed by atoms with Gasteiger partial charge in [-0.25, -0.2) is 0 Å². The summed E-state index contributed by atoms with van der Waals surface area (Å²) >= 11 is 0. The molecule has 2 unspecified atom stereocenters. The van der Waals surface area contributed by atoms with Crippen molar-refractivity contribution in [1.29, 1.82) is 0 Å². The monoisotopic (exact) mass is 252 g/mol. The van der Waals surface area contributed by atoms with Crippen LogP contribution in [-0.4, -0.2) is 30.1 Å². The van der Waals surface area contributed by atoms with Crippen molar-refractivity contribution in [3.8, 4) is 0 Å². The molecule has 2 nitrogen and oxygen atoms in total. The van der Waals surface area contributed by atoms with E-state index in [4.69, 9.17) is 5.73 Å². The molecule has 2 N–H and O–H groups in total. The molecule has 0 aromatic heterocycles. The third kappa shape index (κ3) is 3.27. The molecule has 0 amide bonds. The van der Waals surface area contributed by atoms with Gasteiger partial charge in [0, 0.05) is 12.1 Å². The van der Waals surface area contributed by atoms with Gasteiger partial charge >= 0.3 is 0 Å². The second kappa shape index (κ2) is 6.38. The van der Waals surface area contributed by atoms with Gasteiger partial charge in [-0.3, -0.25) is 4.90 Å². The highest BCUT2D eigenvalue weighted by atomic mass is 15.2. The lowest BCUT2D eigenvalue weighted by Gasteiger charge is -2.50. The Morgan fingerprint density at radius 1 is 1.17 bits per heavy atom. The van der Waals surface area contributed by atoms with Crippen LogP contribution in [0, 0.1) is 11.8 Å². The Morgan fingerprint density at radius 2 is 1.89 bits per heavy atom. The van der Waals surface area contributed by atoms with Gasteiger partial charge in [0.05, 0.1) is 0 Å². The van der Waals surface area contributed by atoms with Crippen LogP contribution < -0.4 is 5.73 Å². The minimum atomic E-state index is 0.359. The normalized spacial score (nSPS) is 35.0. The zero-order valence-corrected chi connectivity index (χ0v) is 12.5.